The lowest BCUT2D eigenvalue weighted by Gasteiger charge is -2.36. The Morgan fingerprint density at radius 2 is 1.91 bits per heavy atom. The molecule has 5 rings (SSSR count). The number of ether oxygens (including phenoxy) is 1. The molecular formula is C25H29FN8O. The summed E-state index contributed by atoms with van der Waals surface area (Å²) in [5.74, 6) is 2.22. The zero-order valence-electron chi connectivity index (χ0n) is 19.8. The number of nitrogen functional groups attached to an aromatic ring is 1. The normalized spacial score (nSPS) is 14.6. The number of hydrogen-bond acceptors (Lipinski definition) is 8. The van der Waals surface area contributed by atoms with Crippen LogP contribution in [0.3, 0.4) is 0 Å². The number of nitrogens with two attached hydrogens (primary N) is 1. The van der Waals surface area contributed by atoms with E-state index >= 15 is 0 Å². The van der Waals surface area contributed by atoms with E-state index in [0.717, 1.165) is 43.9 Å². The van der Waals surface area contributed by atoms with Crippen molar-refractivity contribution in [3.8, 4) is 11.5 Å². The first-order chi connectivity index (χ1) is 16.9. The van der Waals surface area contributed by atoms with E-state index in [2.05, 4.69) is 48.9 Å². The Kier molecular flexibility index (Phi) is 6.37. The second kappa shape index (κ2) is 9.75. The average molecular weight is 477 g/mol. The van der Waals surface area contributed by atoms with E-state index in [1.807, 2.05) is 12.1 Å². The van der Waals surface area contributed by atoms with Gasteiger partial charge in [0.25, 0.3) is 0 Å². The van der Waals surface area contributed by atoms with E-state index in [1.165, 1.54) is 6.07 Å². The molecule has 0 saturated carbocycles. The predicted molar refractivity (Wildman–Crippen MR) is 136 cm³/mol. The summed E-state index contributed by atoms with van der Waals surface area (Å²) in [6.07, 6.45) is 3.38. The second-order valence-electron chi connectivity index (χ2n) is 9.07. The number of piperazine rings is 1. The van der Waals surface area contributed by atoms with Crippen LogP contribution in [0.15, 0.2) is 48.8 Å². The van der Waals surface area contributed by atoms with Crippen LogP contribution in [0.1, 0.15) is 13.8 Å². The molecular weight excluding hydrogens is 447 g/mol. The Labute approximate surface area is 203 Å². The monoisotopic (exact) mass is 476 g/mol. The number of anilines is 4. The van der Waals surface area contributed by atoms with Crippen LogP contribution in [-0.2, 0) is 0 Å². The number of aromatic amines is 1. The molecule has 0 spiro atoms. The van der Waals surface area contributed by atoms with Gasteiger partial charge in [0, 0.05) is 62.9 Å². The lowest BCUT2D eigenvalue weighted by molar-refractivity contribution is 0.231. The standard InChI is InChI=1S/C25H29FN8O/c1-16(2)15-33-9-11-34(12-10-33)23-14-22(31-25(27)32-23)30-17-3-4-21(19(26)13-17)35-20-6-8-29-24-18(20)5-7-28-24/h3-8,13-14,16H,9-12,15H2,1-2H3,(H,28,29)(H3,27,30,31,32). The van der Waals surface area contributed by atoms with Crippen molar-refractivity contribution in [2.24, 2.45) is 5.92 Å². The van der Waals surface area contributed by atoms with Gasteiger partial charge in [0.05, 0.1) is 5.39 Å². The number of H-pyrrole nitrogens is 1. The number of aromatic nitrogens is 4. The molecule has 0 radical (unpaired) electrons. The fraction of sp³-hybridized carbons (Fsp3) is 0.320. The third kappa shape index (κ3) is 5.27. The van der Waals surface area contributed by atoms with E-state index in [4.69, 9.17) is 10.5 Å². The smallest absolute Gasteiger partial charge is 0.223 e. The fourth-order valence-electron chi connectivity index (χ4n) is 4.31. The quantitative estimate of drug-likeness (QED) is 0.360. The van der Waals surface area contributed by atoms with Gasteiger partial charge >= 0.3 is 0 Å². The van der Waals surface area contributed by atoms with Gasteiger partial charge in [-0.2, -0.15) is 9.97 Å². The second-order valence-corrected chi connectivity index (χ2v) is 9.07. The zero-order chi connectivity index (χ0) is 24.4. The number of rotatable bonds is 7. The van der Waals surface area contributed by atoms with Crippen LogP contribution in [0, 0.1) is 11.7 Å². The van der Waals surface area contributed by atoms with Gasteiger partial charge in [-0.05, 0) is 30.2 Å². The molecule has 4 heterocycles. The van der Waals surface area contributed by atoms with Crippen molar-refractivity contribution in [2.45, 2.75) is 13.8 Å². The molecule has 1 aliphatic heterocycles. The van der Waals surface area contributed by atoms with Crippen LogP contribution >= 0.6 is 0 Å². The first-order valence-electron chi connectivity index (χ1n) is 11.7. The lowest BCUT2D eigenvalue weighted by Crippen LogP contribution is -2.47. The number of halogens is 1. The summed E-state index contributed by atoms with van der Waals surface area (Å²) in [5, 5.41) is 3.92. The summed E-state index contributed by atoms with van der Waals surface area (Å²) in [7, 11) is 0. The minimum absolute atomic E-state index is 0.117. The highest BCUT2D eigenvalue weighted by atomic mass is 19.1. The first-order valence-corrected chi connectivity index (χ1v) is 11.7. The Hall–Kier alpha value is -3.92. The number of nitrogens with one attached hydrogen (secondary N) is 2. The molecule has 0 bridgehead atoms. The fourth-order valence-corrected chi connectivity index (χ4v) is 4.31. The van der Waals surface area contributed by atoms with Crippen molar-refractivity contribution in [1.82, 2.24) is 24.8 Å². The molecule has 182 valence electrons. The Morgan fingerprint density at radius 1 is 1.09 bits per heavy atom. The Bertz CT molecular complexity index is 1320. The highest BCUT2D eigenvalue weighted by Crippen LogP contribution is 2.32. The number of pyridine rings is 1. The summed E-state index contributed by atoms with van der Waals surface area (Å²) in [6, 6.07) is 10.1. The molecule has 4 aromatic rings. The molecule has 1 aromatic carbocycles. The molecule has 1 fully saturated rings. The maximum absolute atomic E-state index is 14.9. The van der Waals surface area contributed by atoms with Gasteiger partial charge < -0.3 is 25.7 Å². The van der Waals surface area contributed by atoms with Crippen molar-refractivity contribution < 1.29 is 9.13 Å². The molecule has 0 amide bonds. The Morgan fingerprint density at radius 3 is 2.69 bits per heavy atom. The third-order valence-electron chi connectivity index (χ3n) is 5.89. The summed E-state index contributed by atoms with van der Waals surface area (Å²) < 4.78 is 20.7. The van der Waals surface area contributed by atoms with Gasteiger partial charge in [-0.1, -0.05) is 13.8 Å². The molecule has 0 aliphatic carbocycles. The summed E-state index contributed by atoms with van der Waals surface area (Å²) >= 11 is 0. The SMILES string of the molecule is CC(C)CN1CCN(c2cc(Nc3ccc(Oc4ccnc5[nH]ccc45)c(F)c3)nc(N)n2)CC1. The highest BCUT2D eigenvalue weighted by Gasteiger charge is 2.20. The highest BCUT2D eigenvalue weighted by molar-refractivity contribution is 5.82. The van der Waals surface area contributed by atoms with Crippen molar-refractivity contribution in [2.75, 3.05) is 48.7 Å². The van der Waals surface area contributed by atoms with Gasteiger partial charge in [0.2, 0.25) is 5.95 Å². The maximum atomic E-state index is 14.9. The molecule has 1 aliphatic rings. The van der Waals surface area contributed by atoms with E-state index in [1.54, 1.807) is 30.6 Å². The van der Waals surface area contributed by atoms with Gasteiger partial charge in [0.1, 0.15) is 23.0 Å². The summed E-state index contributed by atoms with van der Waals surface area (Å²) in [6.45, 7) is 9.25. The summed E-state index contributed by atoms with van der Waals surface area (Å²) in [4.78, 5) is 20.6. The molecule has 3 aromatic heterocycles. The largest absolute Gasteiger partial charge is 0.453 e. The topological polar surface area (TPSA) is 108 Å². The van der Waals surface area contributed by atoms with E-state index in [0.29, 0.717) is 28.8 Å². The number of nitrogens with zero attached hydrogens (tertiary/aromatic N) is 5. The molecule has 0 unspecified atom stereocenters. The van der Waals surface area contributed by atoms with Gasteiger partial charge in [-0.3, -0.25) is 4.90 Å². The zero-order valence-corrected chi connectivity index (χ0v) is 19.8. The molecule has 9 nitrogen and oxygen atoms in total. The van der Waals surface area contributed by atoms with Crippen LogP contribution in [0.2, 0.25) is 0 Å². The van der Waals surface area contributed by atoms with Crippen LogP contribution in [0.5, 0.6) is 11.5 Å². The summed E-state index contributed by atoms with van der Waals surface area (Å²) in [5.41, 5.74) is 7.20. The lowest BCUT2D eigenvalue weighted by atomic mass is 10.2. The van der Waals surface area contributed by atoms with Crippen LogP contribution < -0.4 is 20.7 Å². The van der Waals surface area contributed by atoms with Gasteiger partial charge in [-0.25, -0.2) is 9.37 Å². The van der Waals surface area contributed by atoms with Crippen LogP contribution in [-0.4, -0.2) is 57.6 Å². The van der Waals surface area contributed by atoms with Gasteiger partial charge in [0.15, 0.2) is 11.6 Å². The molecule has 4 N–H and O–H groups in total. The van der Waals surface area contributed by atoms with Crippen molar-refractivity contribution in [3.63, 3.8) is 0 Å². The third-order valence-corrected chi connectivity index (χ3v) is 5.89. The number of benzene rings is 1. The van der Waals surface area contributed by atoms with Crippen molar-refractivity contribution in [3.05, 3.63) is 54.6 Å². The minimum atomic E-state index is -0.501. The van der Waals surface area contributed by atoms with E-state index < -0.39 is 5.82 Å². The average Bonchev–Trinajstić information content (AvgIpc) is 3.30. The number of hydrogen-bond donors (Lipinski definition) is 3. The predicted octanol–water partition coefficient (Wildman–Crippen LogP) is 4.39. The van der Waals surface area contributed by atoms with Crippen LogP contribution in [0.4, 0.5) is 27.7 Å². The minimum Gasteiger partial charge on any atom is -0.453 e. The molecule has 10 heteroatoms. The maximum Gasteiger partial charge on any atom is 0.223 e. The number of fused-ring (bicyclic) bond motifs is 1. The first kappa shape index (κ1) is 22.9. The van der Waals surface area contributed by atoms with Crippen molar-refractivity contribution in [1.29, 1.82) is 0 Å². The molecule has 0 atom stereocenters. The molecule has 35 heavy (non-hydrogen) atoms. The molecule has 1 saturated heterocycles. The van der Waals surface area contributed by atoms with E-state index in [-0.39, 0.29) is 11.7 Å². The van der Waals surface area contributed by atoms with Crippen LogP contribution in [0.25, 0.3) is 11.0 Å². The van der Waals surface area contributed by atoms with Gasteiger partial charge in [-0.15, -0.1) is 0 Å². The van der Waals surface area contributed by atoms with E-state index in [9.17, 15) is 4.39 Å². The Balaban J connectivity index is 1.28. The van der Waals surface area contributed by atoms with Crippen molar-refractivity contribution >= 4 is 34.3 Å².